The quantitative estimate of drug-likeness (QED) is 0.649. The molecule has 0 radical (unpaired) electrons. The summed E-state index contributed by atoms with van der Waals surface area (Å²) in [7, 11) is 0. The van der Waals surface area contributed by atoms with Crippen LogP contribution in [0, 0.1) is 5.82 Å². The first-order valence-electron chi connectivity index (χ1n) is 9.04. The fourth-order valence-corrected chi connectivity index (χ4v) is 2.54. The van der Waals surface area contributed by atoms with E-state index in [9.17, 15) is 9.18 Å². The molecule has 2 aromatic carbocycles. The van der Waals surface area contributed by atoms with Gasteiger partial charge in [-0.1, -0.05) is 19.1 Å². The van der Waals surface area contributed by atoms with Crippen molar-refractivity contribution in [3.8, 4) is 11.5 Å². The van der Waals surface area contributed by atoms with Crippen molar-refractivity contribution < 1.29 is 18.7 Å². The predicted molar refractivity (Wildman–Crippen MR) is 100 cm³/mol. The van der Waals surface area contributed by atoms with Crippen molar-refractivity contribution in [1.82, 2.24) is 5.32 Å². The van der Waals surface area contributed by atoms with E-state index in [0.29, 0.717) is 25.3 Å². The van der Waals surface area contributed by atoms with Gasteiger partial charge in [0.2, 0.25) is 0 Å². The van der Waals surface area contributed by atoms with Crippen molar-refractivity contribution in [1.29, 1.82) is 0 Å². The number of aryl methyl sites for hydroxylation is 1. The SMILES string of the molecule is CCOc1ccc(CCCNC(=O)[C@@H](CC)Oc2ccc(F)cc2)cc1. The van der Waals surface area contributed by atoms with Gasteiger partial charge < -0.3 is 14.8 Å². The molecule has 0 aliphatic carbocycles. The van der Waals surface area contributed by atoms with E-state index in [1.54, 1.807) is 0 Å². The highest BCUT2D eigenvalue weighted by molar-refractivity contribution is 5.81. The third-order valence-electron chi connectivity index (χ3n) is 3.93. The maximum Gasteiger partial charge on any atom is 0.261 e. The van der Waals surface area contributed by atoms with Crippen molar-refractivity contribution in [2.75, 3.05) is 13.2 Å². The molecule has 140 valence electrons. The van der Waals surface area contributed by atoms with E-state index in [1.165, 1.54) is 29.8 Å². The fraction of sp³-hybridized carbons (Fsp3) is 0.381. The van der Waals surface area contributed by atoms with Gasteiger partial charge in [0, 0.05) is 6.54 Å². The smallest absolute Gasteiger partial charge is 0.261 e. The Labute approximate surface area is 154 Å². The molecule has 0 saturated carbocycles. The topological polar surface area (TPSA) is 47.6 Å². The minimum absolute atomic E-state index is 0.150. The second-order valence-electron chi connectivity index (χ2n) is 5.94. The van der Waals surface area contributed by atoms with Crippen LogP contribution in [-0.2, 0) is 11.2 Å². The van der Waals surface area contributed by atoms with Gasteiger partial charge in [-0.3, -0.25) is 4.79 Å². The first kappa shape index (κ1) is 19.8. The summed E-state index contributed by atoms with van der Waals surface area (Å²) in [5.41, 5.74) is 1.21. The maximum absolute atomic E-state index is 12.9. The number of hydrogen-bond donors (Lipinski definition) is 1. The molecule has 5 heteroatoms. The van der Waals surface area contributed by atoms with Crippen LogP contribution >= 0.6 is 0 Å². The van der Waals surface area contributed by atoms with E-state index >= 15 is 0 Å². The van der Waals surface area contributed by atoms with Crippen LogP contribution < -0.4 is 14.8 Å². The monoisotopic (exact) mass is 359 g/mol. The number of benzene rings is 2. The van der Waals surface area contributed by atoms with Crippen molar-refractivity contribution in [3.63, 3.8) is 0 Å². The zero-order valence-corrected chi connectivity index (χ0v) is 15.3. The number of carbonyl (C=O) groups excluding carboxylic acids is 1. The number of ether oxygens (including phenoxy) is 2. The molecule has 0 bridgehead atoms. The van der Waals surface area contributed by atoms with Gasteiger partial charge in [-0.15, -0.1) is 0 Å². The second-order valence-corrected chi connectivity index (χ2v) is 5.94. The summed E-state index contributed by atoms with van der Waals surface area (Å²) in [6.07, 6.45) is 1.68. The molecule has 0 fully saturated rings. The summed E-state index contributed by atoms with van der Waals surface area (Å²) < 4.78 is 24.0. The highest BCUT2D eigenvalue weighted by Gasteiger charge is 2.17. The Kier molecular flexibility index (Phi) is 7.93. The van der Waals surface area contributed by atoms with E-state index < -0.39 is 6.10 Å². The lowest BCUT2D eigenvalue weighted by atomic mass is 10.1. The zero-order valence-electron chi connectivity index (χ0n) is 15.3. The molecule has 26 heavy (non-hydrogen) atoms. The summed E-state index contributed by atoms with van der Waals surface area (Å²) in [6, 6.07) is 13.7. The van der Waals surface area contributed by atoms with Crippen LogP contribution in [0.4, 0.5) is 4.39 Å². The summed E-state index contributed by atoms with van der Waals surface area (Å²) in [5, 5.41) is 2.90. The lowest BCUT2D eigenvalue weighted by molar-refractivity contribution is -0.128. The van der Waals surface area contributed by atoms with Crippen molar-refractivity contribution in [2.24, 2.45) is 0 Å². The van der Waals surface area contributed by atoms with E-state index in [0.717, 1.165) is 18.6 Å². The Morgan fingerprint density at radius 2 is 1.69 bits per heavy atom. The highest BCUT2D eigenvalue weighted by Crippen LogP contribution is 2.15. The van der Waals surface area contributed by atoms with Crippen LogP contribution in [0.3, 0.4) is 0 Å². The molecule has 0 heterocycles. The summed E-state index contributed by atoms with van der Waals surface area (Å²) >= 11 is 0. The summed E-state index contributed by atoms with van der Waals surface area (Å²) in [4.78, 5) is 12.2. The first-order chi connectivity index (χ1) is 12.6. The number of amides is 1. The van der Waals surface area contributed by atoms with E-state index in [2.05, 4.69) is 5.32 Å². The minimum Gasteiger partial charge on any atom is -0.494 e. The van der Waals surface area contributed by atoms with E-state index in [1.807, 2.05) is 38.1 Å². The van der Waals surface area contributed by atoms with Gasteiger partial charge in [-0.2, -0.15) is 0 Å². The van der Waals surface area contributed by atoms with Gasteiger partial charge in [0.1, 0.15) is 17.3 Å². The number of halogens is 1. The molecule has 0 aromatic heterocycles. The highest BCUT2D eigenvalue weighted by atomic mass is 19.1. The summed E-state index contributed by atoms with van der Waals surface area (Å²) in [6.45, 7) is 5.08. The lowest BCUT2D eigenvalue weighted by Crippen LogP contribution is -2.38. The van der Waals surface area contributed by atoms with E-state index in [4.69, 9.17) is 9.47 Å². The van der Waals surface area contributed by atoms with Crippen LogP contribution in [-0.4, -0.2) is 25.2 Å². The Morgan fingerprint density at radius 3 is 2.31 bits per heavy atom. The molecular formula is C21H26FNO3. The average Bonchev–Trinajstić information content (AvgIpc) is 2.66. The third-order valence-corrected chi connectivity index (χ3v) is 3.93. The van der Waals surface area contributed by atoms with Crippen molar-refractivity contribution in [3.05, 3.63) is 59.9 Å². The van der Waals surface area contributed by atoms with Gasteiger partial charge >= 0.3 is 0 Å². The van der Waals surface area contributed by atoms with Gasteiger partial charge in [0.05, 0.1) is 6.61 Å². The Balaban J connectivity index is 1.73. The molecule has 1 atom stereocenters. The largest absolute Gasteiger partial charge is 0.494 e. The van der Waals surface area contributed by atoms with Crippen LogP contribution in [0.2, 0.25) is 0 Å². The minimum atomic E-state index is -0.578. The normalized spacial score (nSPS) is 11.7. The second kappa shape index (κ2) is 10.4. The van der Waals surface area contributed by atoms with Gasteiger partial charge in [0.15, 0.2) is 6.10 Å². The predicted octanol–water partition coefficient (Wildman–Crippen LogP) is 4.13. The van der Waals surface area contributed by atoms with Crippen LogP contribution in [0.1, 0.15) is 32.3 Å². The first-order valence-corrected chi connectivity index (χ1v) is 9.04. The number of carbonyl (C=O) groups is 1. The van der Waals surface area contributed by atoms with E-state index in [-0.39, 0.29) is 11.7 Å². The molecule has 0 saturated heterocycles. The lowest BCUT2D eigenvalue weighted by Gasteiger charge is -2.17. The maximum atomic E-state index is 12.9. The molecule has 2 aromatic rings. The Hall–Kier alpha value is -2.56. The molecule has 0 spiro atoms. The van der Waals surface area contributed by atoms with Gasteiger partial charge in [-0.05, 0) is 68.1 Å². The average molecular weight is 359 g/mol. The molecule has 0 aliphatic rings. The Morgan fingerprint density at radius 1 is 1.04 bits per heavy atom. The molecule has 1 N–H and O–H groups in total. The van der Waals surface area contributed by atoms with Crippen molar-refractivity contribution >= 4 is 5.91 Å². The van der Waals surface area contributed by atoms with Crippen LogP contribution in [0.15, 0.2) is 48.5 Å². The number of nitrogens with one attached hydrogen (secondary N) is 1. The number of hydrogen-bond acceptors (Lipinski definition) is 3. The van der Waals surface area contributed by atoms with Crippen LogP contribution in [0.25, 0.3) is 0 Å². The van der Waals surface area contributed by atoms with Crippen LogP contribution in [0.5, 0.6) is 11.5 Å². The fourth-order valence-electron chi connectivity index (χ4n) is 2.54. The Bertz CT molecular complexity index is 671. The molecule has 1 amide bonds. The standard InChI is InChI=1S/C21H26FNO3/c1-3-20(26-19-13-9-17(22)10-14-19)21(24)23-15-5-6-16-7-11-18(12-8-16)25-4-2/h7-14,20H,3-6,15H2,1-2H3,(H,23,24)/t20-/m1/s1. The summed E-state index contributed by atoms with van der Waals surface area (Å²) in [5.74, 6) is 0.878. The van der Waals surface area contributed by atoms with Gasteiger partial charge in [0.25, 0.3) is 5.91 Å². The molecule has 2 rings (SSSR count). The molecule has 0 aliphatic heterocycles. The molecular weight excluding hydrogens is 333 g/mol. The zero-order chi connectivity index (χ0) is 18.8. The third kappa shape index (κ3) is 6.39. The van der Waals surface area contributed by atoms with Crippen molar-refractivity contribution in [2.45, 2.75) is 39.2 Å². The molecule has 4 nitrogen and oxygen atoms in total. The number of rotatable bonds is 10. The van der Waals surface area contributed by atoms with Gasteiger partial charge in [-0.25, -0.2) is 4.39 Å². The molecule has 0 unspecified atom stereocenters.